The lowest BCUT2D eigenvalue weighted by Crippen LogP contribution is -2.36. The van der Waals surface area contributed by atoms with Gasteiger partial charge >= 0.3 is 0 Å². The summed E-state index contributed by atoms with van der Waals surface area (Å²) in [6.07, 6.45) is 2.05. The number of amides is 1. The summed E-state index contributed by atoms with van der Waals surface area (Å²) in [5, 5.41) is 1.34. The molecule has 4 nitrogen and oxygen atoms in total. The molecule has 0 N–H and O–H groups in total. The van der Waals surface area contributed by atoms with E-state index >= 15 is 0 Å². The number of benzene rings is 2. The average Bonchev–Trinajstić information content (AvgIpc) is 3.04. The van der Waals surface area contributed by atoms with Gasteiger partial charge in [0.25, 0.3) is 5.91 Å². The number of nitrogens with zero attached hydrogens (tertiary/aromatic N) is 3. The third-order valence-corrected chi connectivity index (χ3v) is 5.94. The molecule has 0 unspecified atom stereocenters. The number of rotatable bonds is 6. The molecule has 0 aliphatic carbocycles. The second-order valence-corrected chi connectivity index (χ2v) is 8.42. The van der Waals surface area contributed by atoms with Crippen molar-refractivity contribution >= 4 is 56.0 Å². The van der Waals surface area contributed by atoms with Crippen LogP contribution in [0.2, 0.25) is 5.02 Å². The number of aromatic nitrogens is 1. The fraction of sp³-hybridized carbons (Fsp3) is 0.263. The van der Waals surface area contributed by atoms with E-state index in [1.54, 1.807) is 52.3 Å². The van der Waals surface area contributed by atoms with Crippen LogP contribution in [0.1, 0.15) is 10.4 Å². The maximum Gasteiger partial charge on any atom is 0.260 e. The summed E-state index contributed by atoms with van der Waals surface area (Å²) in [4.78, 5) is 22.8. The molecule has 0 saturated carbocycles. The van der Waals surface area contributed by atoms with Crippen molar-refractivity contribution in [2.24, 2.45) is 0 Å². The van der Waals surface area contributed by atoms with Gasteiger partial charge < -0.3 is 4.90 Å². The molecule has 7 heteroatoms. The second kappa shape index (κ2) is 8.39. The zero-order chi connectivity index (χ0) is 18.7. The van der Waals surface area contributed by atoms with Crippen LogP contribution in [0, 0.1) is 0 Å². The number of hydrogen-bond acceptors (Lipinski definition) is 5. The van der Waals surface area contributed by atoms with Gasteiger partial charge in [-0.1, -0.05) is 22.9 Å². The zero-order valence-electron chi connectivity index (χ0n) is 14.9. The van der Waals surface area contributed by atoms with E-state index in [4.69, 9.17) is 16.6 Å². The first-order valence-corrected chi connectivity index (χ1v) is 10.6. The second-order valence-electron chi connectivity index (χ2n) is 6.10. The van der Waals surface area contributed by atoms with Gasteiger partial charge in [0.15, 0.2) is 5.13 Å². The van der Waals surface area contributed by atoms with Gasteiger partial charge in [-0.25, -0.2) is 4.98 Å². The third kappa shape index (κ3) is 4.38. The number of carbonyl (C=O) groups excluding carboxylic acids is 1. The van der Waals surface area contributed by atoms with E-state index in [2.05, 4.69) is 23.3 Å². The van der Waals surface area contributed by atoms with Crippen molar-refractivity contribution in [2.75, 3.05) is 38.3 Å². The van der Waals surface area contributed by atoms with Gasteiger partial charge in [0.2, 0.25) is 0 Å². The fourth-order valence-corrected chi connectivity index (χ4v) is 4.14. The topological polar surface area (TPSA) is 36.4 Å². The smallest absolute Gasteiger partial charge is 0.260 e. The minimum absolute atomic E-state index is 0.0623. The molecule has 3 aromatic rings. The van der Waals surface area contributed by atoms with Crippen LogP contribution in [0.15, 0.2) is 47.4 Å². The highest BCUT2D eigenvalue weighted by Crippen LogP contribution is 2.32. The predicted molar refractivity (Wildman–Crippen MR) is 113 cm³/mol. The van der Waals surface area contributed by atoms with Crippen LogP contribution in [0.25, 0.3) is 10.2 Å². The molecular weight excluding hydrogens is 386 g/mol. The first-order valence-electron chi connectivity index (χ1n) is 8.14. The molecular formula is C19H20ClN3OS2. The summed E-state index contributed by atoms with van der Waals surface area (Å²) in [5.74, 6) is -0.0623. The zero-order valence-corrected chi connectivity index (χ0v) is 17.3. The molecule has 1 aromatic heterocycles. The van der Waals surface area contributed by atoms with Crippen molar-refractivity contribution in [1.29, 1.82) is 0 Å². The van der Waals surface area contributed by atoms with E-state index in [1.165, 1.54) is 4.90 Å². The number of thioether (sulfide) groups is 1. The number of anilines is 1. The SMILES string of the molecule is CSc1ccc2nc(N(CCN(C)C)C(=O)c3ccc(Cl)cc3)sc2c1. The first-order chi connectivity index (χ1) is 12.5. The van der Waals surface area contributed by atoms with Crippen LogP contribution >= 0.6 is 34.7 Å². The maximum atomic E-state index is 13.1. The minimum atomic E-state index is -0.0623. The summed E-state index contributed by atoms with van der Waals surface area (Å²) < 4.78 is 1.09. The highest BCUT2D eigenvalue weighted by molar-refractivity contribution is 7.98. The van der Waals surface area contributed by atoms with E-state index in [0.29, 0.717) is 17.1 Å². The van der Waals surface area contributed by atoms with Crippen LogP contribution < -0.4 is 4.90 Å². The Morgan fingerprint density at radius 2 is 1.88 bits per heavy atom. The van der Waals surface area contributed by atoms with Gasteiger partial charge in [-0.2, -0.15) is 0 Å². The Morgan fingerprint density at radius 3 is 2.54 bits per heavy atom. The largest absolute Gasteiger partial charge is 0.308 e. The normalized spacial score (nSPS) is 11.3. The number of hydrogen-bond donors (Lipinski definition) is 0. The molecule has 136 valence electrons. The van der Waals surface area contributed by atoms with Crippen molar-refractivity contribution in [3.8, 4) is 0 Å². The van der Waals surface area contributed by atoms with Crippen LogP contribution in [0.5, 0.6) is 0 Å². The standard InChI is InChI=1S/C19H20ClN3OS2/c1-22(2)10-11-23(18(24)13-4-6-14(20)7-5-13)19-21-16-9-8-15(25-3)12-17(16)26-19/h4-9,12H,10-11H2,1-3H3. The van der Waals surface area contributed by atoms with Crippen LogP contribution in [0.3, 0.4) is 0 Å². The van der Waals surface area contributed by atoms with Gasteiger partial charge in [0.05, 0.1) is 10.2 Å². The molecule has 2 aromatic carbocycles. The Labute approximate surface area is 166 Å². The summed E-state index contributed by atoms with van der Waals surface area (Å²) in [6, 6.07) is 13.2. The van der Waals surface area contributed by atoms with Gasteiger partial charge in [0, 0.05) is 28.6 Å². The van der Waals surface area contributed by atoms with Gasteiger partial charge in [-0.3, -0.25) is 9.69 Å². The fourth-order valence-electron chi connectivity index (χ4n) is 2.47. The average molecular weight is 406 g/mol. The van der Waals surface area contributed by atoms with Crippen LogP contribution in [-0.2, 0) is 0 Å². The lowest BCUT2D eigenvalue weighted by atomic mass is 10.2. The number of fused-ring (bicyclic) bond motifs is 1. The third-order valence-electron chi connectivity index (χ3n) is 3.92. The Balaban J connectivity index is 1.97. The molecule has 0 fully saturated rings. The van der Waals surface area contributed by atoms with E-state index in [0.717, 1.165) is 21.9 Å². The van der Waals surface area contributed by atoms with Gasteiger partial charge in [-0.15, -0.1) is 11.8 Å². The monoisotopic (exact) mass is 405 g/mol. The molecule has 0 bridgehead atoms. The van der Waals surface area contributed by atoms with Crippen molar-refractivity contribution in [3.63, 3.8) is 0 Å². The number of likely N-dealkylation sites (N-methyl/N-ethyl adjacent to an activating group) is 1. The summed E-state index contributed by atoms with van der Waals surface area (Å²) in [5.41, 5.74) is 1.53. The quantitative estimate of drug-likeness (QED) is 0.547. The molecule has 1 amide bonds. The van der Waals surface area contributed by atoms with Gasteiger partial charge in [-0.05, 0) is 62.8 Å². The highest BCUT2D eigenvalue weighted by Gasteiger charge is 2.21. The van der Waals surface area contributed by atoms with Crippen molar-refractivity contribution in [1.82, 2.24) is 9.88 Å². The Bertz CT molecular complexity index is 909. The van der Waals surface area contributed by atoms with E-state index in [-0.39, 0.29) is 5.91 Å². The summed E-state index contributed by atoms with van der Waals surface area (Å²) >= 11 is 9.20. The Hall–Kier alpha value is -1.60. The molecule has 26 heavy (non-hydrogen) atoms. The number of carbonyl (C=O) groups is 1. The maximum absolute atomic E-state index is 13.1. The van der Waals surface area contributed by atoms with Crippen molar-refractivity contribution in [2.45, 2.75) is 4.90 Å². The Kier molecular flexibility index (Phi) is 6.19. The molecule has 0 aliphatic rings. The van der Waals surface area contributed by atoms with E-state index in [1.807, 2.05) is 20.2 Å². The molecule has 0 aliphatic heterocycles. The van der Waals surface area contributed by atoms with Gasteiger partial charge in [0.1, 0.15) is 0 Å². The number of thiazole rings is 1. The first kappa shape index (κ1) is 19.2. The lowest BCUT2D eigenvalue weighted by molar-refractivity contribution is 0.0985. The van der Waals surface area contributed by atoms with Crippen LogP contribution in [0.4, 0.5) is 5.13 Å². The van der Waals surface area contributed by atoms with E-state index < -0.39 is 0 Å². The predicted octanol–water partition coefficient (Wildman–Crippen LogP) is 4.88. The summed E-state index contributed by atoms with van der Waals surface area (Å²) in [7, 11) is 3.99. The van der Waals surface area contributed by atoms with Crippen molar-refractivity contribution < 1.29 is 4.79 Å². The lowest BCUT2D eigenvalue weighted by Gasteiger charge is -2.22. The molecule has 3 rings (SSSR count). The molecule has 0 saturated heterocycles. The number of halogens is 1. The van der Waals surface area contributed by atoms with Crippen LogP contribution in [-0.4, -0.2) is 49.2 Å². The highest BCUT2D eigenvalue weighted by atomic mass is 35.5. The van der Waals surface area contributed by atoms with E-state index in [9.17, 15) is 4.79 Å². The summed E-state index contributed by atoms with van der Waals surface area (Å²) in [6.45, 7) is 1.33. The minimum Gasteiger partial charge on any atom is -0.308 e. The molecule has 0 spiro atoms. The molecule has 0 radical (unpaired) electrons. The Morgan fingerprint density at radius 1 is 1.15 bits per heavy atom. The molecule has 1 heterocycles. The molecule has 0 atom stereocenters. The van der Waals surface area contributed by atoms with Crippen molar-refractivity contribution in [3.05, 3.63) is 53.1 Å².